The molecule has 27 heavy (non-hydrogen) atoms. The molecule has 1 aliphatic heterocycles. The van der Waals surface area contributed by atoms with E-state index in [4.69, 9.17) is 27.4 Å². The van der Waals surface area contributed by atoms with E-state index in [1.54, 1.807) is 0 Å². The van der Waals surface area contributed by atoms with Crippen molar-refractivity contribution in [2.75, 3.05) is 32.2 Å². The average molecular weight is 409 g/mol. The number of thiazole rings is 1. The summed E-state index contributed by atoms with van der Waals surface area (Å²) in [7, 11) is 0. The molecular formula is C18H24N4O3S2. The molecular weight excluding hydrogens is 384 g/mol. The fourth-order valence-electron chi connectivity index (χ4n) is 2.88. The van der Waals surface area contributed by atoms with Gasteiger partial charge in [-0.3, -0.25) is 4.79 Å². The third-order valence-electron chi connectivity index (χ3n) is 4.56. The largest absolute Gasteiger partial charge is 0.454 e. The average Bonchev–Trinajstić information content (AvgIpc) is 3.25. The van der Waals surface area contributed by atoms with E-state index in [1.807, 2.05) is 22.8 Å². The van der Waals surface area contributed by atoms with Crippen LogP contribution >= 0.6 is 23.6 Å². The summed E-state index contributed by atoms with van der Waals surface area (Å²) in [5, 5.41) is 2.90. The van der Waals surface area contributed by atoms with Gasteiger partial charge in [0.2, 0.25) is 6.79 Å². The molecule has 3 N–H and O–H groups in total. The molecule has 0 radical (unpaired) electrons. The van der Waals surface area contributed by atoms with Crippen LogP contribution in [0.5, 0.6) is 11.5 Å². The maximum atomic E-state index is 12.6. The molecule has 3 rings (SSSR count). The lowest BCUT2D eigenvalue weighted by Crippen LogP contribution is -2.27. The highest BCUT2D eigenvalue weighted by molar-refractivity contribution is 7.73. The summed E-state index contributed by atoms with van der Waals surface area (Å²) >= 11 is 6.66. The van der Waals surface area contributed by atoms with E-state index in [2.05, 4.69) is 24.1 Å². The lowest BCUT2D eigenvalue weighted by molar-refractivity contribution is 0.0955. The highest BCUT2D eigenvalue weighted by Crippen LogP contribution is 2.32. The maximum absolute atomic E-state index is 12.6. The van der Waals surface area contributed by atoms with Crippen molar-refractivity contribution >= 4 is 35.3 Å². The highest BCUT2D eigenvalue weighted by atomic mass is 32.1. The highest BCUT2D eigenvalue weighted by Gasteiger charge is 2.18. The number of aromatic nitrogens is 1. The molecule has 146 valence electrons. The third-order valence-corrected chi connectivity index (χ3v) is 6.03. The Balaban J connectivity index is 1.64. The monoisotopic (exact) mass is 408 g/mol. The number of benzene rings is 1. The van der Waals surface area contributed by atoms with E-state index in [0.717, 1.165) is 30.9 Å². The van der Waals surface area contributed by atoms with Crippen molar-refractivity contribution in [2.45, 2.75) is 26.9 Å². The van der Waals surface area contributed by atoms with Gasteiger partial charge in [-0.1, -0.05) is 31.3 Å². The van der Waals surface area contributed by atoms with Crippen molar-refractivity contribution in [1.29, 1.82) is 0 Å². The van der Waals surface area contributed by atoms with Gasteiger partial charge in [0, 0.05) is 19.6 Å². The number of likely N-dealkylation sites (N-methyl/N-ethyl adjacent to an activating group) is 1. The number of nitrogens with zero attached hydrogens (tertiary/aromatic N) is 2. The lowest BCUT2D eigenvalue weighted by Gasteiger charge is -2.18. The molecule has 0 atom stereocenters. The molecule has 0 saturated carbocycles. The van der Waals surface area contributed by atoms with E-state index in [0.29, 0.717) is 33.5 Å². The molecule has 1 amide bonds. The molecule has 0 bridgehead atoms. The van der Waals surface area contributed by atoms with Crippen molar-refractivity contribution in [3.05, 3.63) is 32.6 Å². The van der Waals surface area contributed by atoms with E-state index in [1.165, 1.54) is 11.3 Å². The van der Waals surface area contributed by atoms with Crippen LogP contribution in [-0.2, 0) is 13.1 Å². The SMILES string of the molecule is CCN(CC)CCn1c(N)c(C(=O)NCc2ccc3c(c2)OCO3)sc1=S. The van der Waals surface area contributed by atoms with Crippen LogP contribution in [0.1, 0.15) is 29.1 Å². The number of carbonyl (C=O) groups excluding carboxylic acids is 1. The van der Waals surface area contributed by atoms with Crippen molar-refractivity contribution in [2.24, 2.45) is 0 Å². The second-order valence-corrected chi connectivity index (χ2v) is 7.78. The summed E-state index contributed by atoms with van der Waals surface area (Å²) in [5.74, 6) is 1.63. The van der Waals surface area contributed by atoms with Gasteiger partial charge in [-0.2, -0.15) is 0 Å². The number of rotatable bonds is 8. The molecule has 0 aliphatic carbocycles. The number of hydrogen-bond acceptors (Lipinski definition) is 7. The Morgan fingerprint density at radius 3 is 2.81 bits per heavy atom. The minimum Gasteiger partial charge on any atom is -0.454 e. The van der Waals surface area contributed by atoms with Crippen molar-refractivity contribution in [3.63, 3.8) is 0 Å². The van der Waals surface area contributed by atoms with Crippen LogP contribution in [0.4, 0.5) is 5.82 Å². The fourth-order valence-corrected chi connectivity index (χ4v) is 4.18. The molecule has 1 aromatic carbocycles. The summed E-state index contributed by atoms with van der Waals surface area (Å²) in [6, 6.07) is 5.60. The topological polar surface area (TPSA) is 81.8 Å². The number of ether oxygens (including phenoxy) is 2. The van der Waals surface area contributed by atoms with Crippen LogP contribution in [-0.4, -0.2) is 41.8 Å². The number of nitrogens with one attached hydrogen (secondary N) is 1. The van der Waals surface area contributed by atoms with Crippen LogP contribution < -0.4 is 20.5 Å². The molecule has 0 saturated heterocycles. The number of hydrogen-bond donors (Lipinski definition) is 2. The number of nitrogen functional groups attached to an aromatic ring is 1. The maximum Gasteiger partial charge on any atom is 0.265 e. The fraction of sp³-hybridized carbons (Fsp3) is 0.444. The van der Waals surface area contributed by atoms with E-state index < -0.39 is 0 Å². The van der Waals surface area contributed by atoms with Gasteiger partial charge in [0.15, 0.2) is 15.5 Å². The van der Waals surface area contributed by atoms with Gasteiger partial charge in [0.05, 0.1) is 0 Å². The van der Waals surface area contributed by atoms with Crippen molar-refractivity contribution in [1.82, 2.24) is 14.8 Å². The van der Waals surface area contributed by atoms with Gasteiger partial charge in [0.1, 0.15) is 10.7 Å². The van der Waals surface area contributed by atoms with Gasteiger partial charge in [-0.05, 0) is 43.0 Å². The molecule has 2 heterocycles. The first kappa shape index (κ1) is 19.7. The third kappa shape index (κ3) is 4.42. The Kier molecular flexibility index (Phi) is 6.35. The Morgan fingerprint density at radius 1 is 1.33 bits per heavy atom. The van der Waals surface area contributed by atoms with Gasteiger partial charge in [-0.15, -0.1) is 0 Å². The quantitative estimate of drug-likeness (QED) is 0.654. The predicted molar refractivity (Wildman–Crippen MR) is 109 cm³/mol. The first-order chi connectivity index (χ1) is 13.0. The van der Waals surface area contributed by atoms with E-state index in [-0.39, 0.29) is 12.7 Å². The Hall–Kier alpha value is -2.10. The molecule has 1 aromatic heterocycles. The zero-order chi connectivity index (χ0) is 19.4. The molecule has 9 heteroatoms. The summed E-state index contributed by atoms with van der Waals surface area (Å²) in [5.41, 5.74) is 7.13. The standard InChI is InChI=1S/C18H24N4O3S2/c1-3-21(4-2)7-8-22-16(19)15(27-18(22)26)17(23)20-10-12-5-6-13-14(9-12)25-11-24-13/h5-6,9H,3-4,7-8,10-11,19H2,1-2H3,(H,20,23). The van der Waals surface area contributed by atoms with Crippen LogP contribution in [0.3, 0.4) is 0 Å². The zero-order valence-corrected chi connectivity index (χ0v) is 17.1. The van der Waals surface area contributed by atoms with Gasteiger partial charge in [-0.25, -0.2) is 0 Å². The van der Waals surface area contributed by atoms with Crippen LogP contribution in [0.2, 0.25) is 0 Å². The molecule has 7 nitrogen and oxygen atoms in total. The Bertz CT molecular complexity index is 874. The number of amides is 1. The molecule has 0 unspecified atom stereocenters. The lowest BCUT2D eigenvalue weighted by atomic mass is 10.2. The zero-order valence-electron chi connectivity index (χ0n) is 15.5. The van der Waals surface area contributed by atoms with E-state index in [9.17, 15) is 4.79 Å². The van der Waals surface area contributed by atoms with Crippen molar-refractivity contribution < 1.29 is 14.3 Å². The minimum absolute atomic E-state index is 0.220. The first-order valence-corrected chi connectivity index (χ1v) is 10.1. The van der Waals surface area contributed by atoms with Gasteiger partial charge < -0.3 is 30.0 Å². The summed E-state index contributed by atoms with van der Waals surface area (Å²) < 4.78 is 13.1. The van der Waals surface area contributed by atoms with Gasteiger partial charge >= 0.3 is 0 Å². The summed E-state index contributed by atoms with van der Waals surface area (Å²) in [6.45, 7) is 8.31. The Morgan fingerprint density at radius 2 is 2.07 bits per heavy atom. The predicted octanol–water partition coefficient (Wildman–Crippen LogP) is 2.86. The number of anilines is 1. The molecule has 2 aromatic rings. The minimum atomic E-state index is -0.220. The van der Waals surface area contributed by atoms with Crippen LogP contribution in [0, 0.1) is 3.95 Å². The van der Waals surface area contributed by atoms with Crippen LogP contribution in [0.25, 0.3) is 0 Å². The second-order valence-electron chi connectivity index (χ2n) is 6.13. The summed E-state index contributed by atoms with van der Waals surface area (Å²) in [6.07, 6.45) is 0. The molecule has 0 fully saturated rings. The van der Waals surface area contributed by atoms with Crippen LogP contribution in [0.15, 0.2) is 18.2 Å². The van der Waals surface area contributed by atoms with E-state index >= 15 is 0 Å². The number of nitrogens with two attached hydrogens (primary N) is 1. The normalized spacial score (nSPS) is 12.6. The van der Waals surface area contributed by atoms with Gasteiger partial charge in [0.25, 0.3) is 5.91 Å². The van der Waals surface area contributed by atoms with Crippen molar-refractivity contribution in [3.8, 4) is 11.5 Å². The Labute approximate surface area is 167 Å². The number of carbonyl (C=O) groups is 1. The molecule has 0 spiro atoms. The number of fused-ring (bicyclic) bond motifs is 1. The summed E-state index contributed by atoms with van der Waals surface area (Å²) in [4.78, 5) is 15.3. The smallest absolute Gasteiger partial charge is 0.265 e. The molecule has 1 aliphatic rings. The second kappa shape index (κ2) is 8.73. The first-order valence-electron chi connectivity index (χ1n) is 8.91.